The van der Waals surface area contributed by atoms with Crippen LogP contribution in [0.2, 0.25) is 0 Å². The number of aromatic nitrogens is 1. The lowest BCUT2D eigenvalue weighted by Crippen LogP contribution is -2.50. The fourth-order valence-corrected chi connectivity index (χ4v) is 4.32. The zero-order valence-electron chi connectivity index (χ0n) is 13.7. The lowest BCUT2D eigenvalue weighted by molar-refractivity contribution is -0.0250. The molecular formula is C17H27N3O2. The van der Waals surface area contributed by atoms with Gasteiger partial charge in [0.15, 0.2) is 0 Å². The zero-order valence-corrected chi connectivity index (χ0v) is 13.7. The first-order valence-corrected chi connectivity index (χ1v) is 8.64. The molecule has 0 bridgehead atoms. The van der Waals surface area contributed by atoms with Crippen molar-refractivity contribution < 1.29 is 9.26 Å². The van der Waals surface area contributed by atoms with Gasteiger partial charge < -0.3 is 14.2 Å². The molecule has 1 saturated carbocycles. The van der Waals surface area contributed by atoms with Crippen LogP contribution >= 0.6 is 0 Å². The summed E-state index contributed by atoms with van der Waals surface area (Å²) in [5, 5.41) is 4.18. The molecule has 2 saturated heterocycles. The van der Waals surface area contributed by atoms with Gasteiger partial charge in [0.1, 0.15) is 5.76 Å². The molecular weight excluding hydrogens is 278 g/mol. The van der Waals surface area contributed by atoms with E-state index in [0.717, 1.165) is 36.9 Å². The van der Waals surface area contributed by atoms with E-state index in [0.29, 0.717) is 18.1 Å². The summed E-state index contributed by atoms with van der Waals surface area (Å²) in [4.78, 5) is 5.27. The maximum Gasteiger partial charge on any atom is 0.133 e. The van der Waals surface area contributed by atoms with Crippen LogP contribution in [-0.4, -0.2) is 60.4 Å². The number of methoxy groups -OCH3 is 1. The summed E-state index contributed by atoms with van der Waals surface area (Å²) in [5.74, 6) is 2.51. The van der Waals surface area contributed by atoms with Crippen molar-refractivity contribution in [1.82, 2.24) is 15.0 Å². The van der Waals surface area contributed by atoms with E-state index < -0.39 is 0 Å². The fourth-order valence-electron chi connectivity index (χ4n) is 4.32. The Balaban J connectivity index is 1.45. The number of fused-ring (bicyclic) bond motifs is 1. The molecule has 1 aliphatic carbocycles. The van der Waals surface area contributed by atoms with Gasteiger partial charge >= 0.3 is 0 Å². The van der Waals surface area contributed by atoms with E-state index in [9.17, 15) is 0 Å². The third-order valence-electron chi connectivity index (χ3n) is 5.61. The van der Waals surface area contributed by atoms with Crippen molar-refractivity contribution in [3.8, 4) is 0 Å². The van der Waals surface area contributed by atoms with Gasteiger partial charge in [0, 0.05) is 57.9 Å². The molecule has 0 N–H and O–H groups in total. The van der Waals surface area contributed by atoms with Crippen molar-refractivity contribution in [2.45, 2.75) is 44.9 Å². The minimum Gasteiger partial charge on any atom is -0.381 e. The lowest BCUT2D eigenvalue weighted by Gasteiger charge is -2.40. The number of hydrogen-bond donors (Lipinski definition) is 0. The molecule has 0 spiro atoms. The van der Waals surface area contributed by atoms with Gasteiger partial charge in [0.05, 0.1) is 11.8 Å². The third kappa shape index (κ3) is 2.94. The maximum absolute atomic E-state index is 5.79. The number of rotatable bonds is 5. The van der Waals surface area contributed by atoms with Crippen LogP contribution in [0.3, 0.4) is 0 Å². The molecule has 22 heavy (non-hydrogen) atoms. The molecule has 3 aliphatic rings. The van der Waals surface area contributed by atoms with E-state index in [1.54, 1.807) is 0 Å². The average Bonchev–Trinajstić information content (AvgIpc) is 3.05. The number of hydrogen-bond acceptors (Lipinski definition) is 5. The smallest absolute Gasteiger partial charge is 0.133 e. The average molecular weight is 305 g/mol. The first-order chi connectivity index (χ1) is 10.7. The van der Waals surface area contributed by atoms with E-state index in [-0.39, 0.29) is 0 Å². The first-order valence-electron chi connectivity index (χ1n) is 8.64. The molecule has 0 unspecified atom stereocenters. The van der Waals surface area contributed by atoms with E-state index in [1.807, 2.05) is 14.0 Å². The van der Waals surface area contributed by atoms with Gasteiger partial charge in [-0.2, -0.15) is 0 Å². The Labute approximate surface area is 132 Å². The Bertz CT molecular complexity index is 514. The predicted octanol–water partition coefficient (Wildman–Crippen LogP) is 1.91. The normalized spacial score (nSPS) is 33.3. The highest BCUT2D eigenvalue weighted by Gasteiger charge is 2.45. The summed E-state index contributed by atoms with van der Waals surface area (Å²) in [6.45, 7) is 7.66. The number of piperidine rings is 1. The number of likely N-dealkylation sites (tertiary alicyclic amines) is 2. The second-order valence-corrected chi connectivity index (χ2v) is 7.36. The summed E-state index contributed by atoms with van der Waals surface area (Å²) < 4.78 is 11.0. The highest BCUT2D eigenvalue weighted by Crippen LogP contribution is 2.36. The summed E-state index contributed by atoms with van der Waals surface area (Å²) in [5.41, 5.74) is 1.06. The molecule has 0 amide bonds. The minimum absolute atomic E-state index is 0.421. The Morgan fingerprint density at radius 3 is 2.86 bits per heavy atom. The molecule has 122 valence electrons. The van der Waals surface area contributed by atoms with Crippen LogP contribution < -0.4 is 0 Å². The van der Waals surface area contributed by atoms with Gasteiger partial charge in [0.2, 0.25) is 0 Å². The number of nitrogens with zero attached hydrogens (tertiary/aromatic N) is 3. The van der Waals surface area contributed by atoms with Crippen molar-refractivity contribution in [3.05, 3.63) is 17.5 Å². The van der Waals surface area contributed by atoms with E-state index in [4.69, 9.17) is 9.26 Å². The molecule has 3 atom stereocenters. The van der Waals surface area contributed by atoms with Gasteiger partial charge in [-0.3, -0.25) is 4.90 Å². The van der Waals surface area contributed by atoms with Crippen LogP contribution in [0.25, 0.3) is 0 Å². The molecule has 3 heterocycles. The van der Waals surface area contributed by atoms with Crippen LogP contribution in [0, 0.1) is 18.8 Å². The molecule has 3 fully saturated rings. The van der Waals surface area contributed by atoms with Gasteiger partial charge in [-0.25, -0.2) is 0 Å². The second kappa shape index (κ2) is 5.95. The Hall–Kier alpha value is -0.910. The van der Waals surface area contributed by atoms with Crippen LogP contribution in [0.1, 0.15) is 30.7 Å². The van der Waals surface area contributed by atoms with E-state index in [1.165, 1.54) is 32.5 Å². The third-order valence-corrected chi connectivity index (χ3v) is 5.61. The van der Waals surface area contributed by atoms with Gasteiger partial charge in [-0.15, -0.1) is 0 Å². The quantitative estimate of drug-likeness (QED) is 0.831. The minimum atomic E-state index is 0.421. The highest BCUT2D eigenvalue weighted by molar-refractivity contribution is 5.06. The van der Waals surface area contributed by atoms with E-state index in [2.05, 4.69) is 21.0 Å². The van der Waals surface area contributed by atoms with Gasteiger partial charge in [-0.05, 0) is 32.1 Å². The largest absolute Gasteiger partial charge is 0.381 e. The van der Waals surface area contributed by atoms with Gasteiger partial charge in [-0.1, -0.05) is 5.16 Å². The molecule has 5 nitrogen and oxygen atoms in total. The topological polar surface area (TPSA) is 41.7 Å². The van der Waals surface area contributed by atoms with Crippen molar-refractivity contribution in [1.29, 1.82) is 0 Å². The lowest BCUT2D eigenvalue weighted by atomic mass is 9.89. The summed E-state index contributed by atoms with van der Waals surface area (Å²) in [6, 6.07) is 2.67. The van der Waals surface area contributed by atoms with Crippen molar-refractivity contribution >= 4 is 0 Å². The van der Waals surface area contributed by atoms with Crippen molar-refractivity contribution in [2.75, 3.05) is 33.3 Å². The Kier molecular flexibility index (Phi) is 3.96. The number of ether oxygens (including phenoxy) is 1. The van der Waals surface area contributed by atoms with Crippen LogP contribution in [0.4, 0.5) is 0 Å². The van der Waals surface area contributed by atoms with Gasteiger partial charge in [0.25, 0.3) is 0 Å². The monoisotopic (exact) mass is 305 g/mol. The van der Waals surface area contributed by atoms with E-state index >= 15 is 0 Å². The molecule has 1 aromatic rings. The van der Waals surface area contributed by atoms with Crippen LogP contribution in [0.5, 0.6) is 0 Å². The highest BCUT2D eigenvalue weighted by atomic mass is 16.5. The molecule has 5 heteroatoms. The Morgan fingerprint density at radius 2 is 2.18 bits per heavy atom. The molecule has 4 rings (SSSR count). The summed E-state index contributed by atoms with van der Waals surface area (Å²) in [6.07, 6.45) is 4.42. The van der Waals surface area contributed by atoms with Crippen LogP contribution in [0.15, 0.2) is 10.6 Å². The SMILES string of the molecule is CO[C@H]1CCN(Cc2cc(C)on2)[C@H]2CN(CC3CC3)C[C@@H]12. The molecule has 0 aromatic carbocycles. The predicted molar refractivity (Wildman–Crippen MR) is 83.5 cm³/mol. The molecule has 1 aromatic heterocycles. The standard InChI is InChI=1S/C17H27N3O2/c1-12-7-14(18-22-12)9-20-6-5-17(21-2)15-10-19(11-16(15)20)8-13-3-4-13/h7,13,15-17H,3-6,8-11H2,1-2H3/t15-,16+,17+/m1/s1. The van der Waals surface area contributed by atoms with Crippen LogP contribution in [-0.2, 0) is 11.3 Å². The van der Waals surface area contributed by atoms with Crippen molar-refractivity contribution in [2.24, 2.45) is 11.8 Å². The fraction of sp³-hybridized carbons (Fsp3) is 0.824. The second-order valence-electron chi connectivity index (χ2n) is 7.36. The maximum atomic E-state index is 5.79. The summed E-state index contributed by atoms with van der Waals surface area (Å²) in [7, 11) is 1.88. The Morgan fingerprint density at radius 1 is 1.32 bits per heavy atom. The molecule has 2 aliphatic heterocycles. The first kappa shape index (κ1) is 14.7. The molecule has 0 radical (unpaired) electrons. The zero-order chi connectivity index (χ0) is 15.1. The summed E-state index contributed by atoms with van der Waals surface area (Å²) >= 11 is 0. The van der Waals surface area contributed by atoms with Crippen molar-refractivity contribution in [3.63, 3.8) is 0 Å². The number of aryl methyl sites for hydroxylation is 1.